The van der Waals surface area contributed by atoms with Crippen LogP contribution in [0.25, 0.3) is 5.69 Å². The number of imidazole rings is 1. The fourth-order valence-corrected chi connectivity index (χ4v) is 2.80. The zero-order valence-electron chi connectivity index (χ0n) is 11.7. The summed E-state index contributed by atoms with van der Waals surface area (Å²) in [5, 5.41) is 3.53. The lowest BCUT2D eigenvalue weighted by atomic mass is 10.1. The Labute approximate surface area is 138 Å². The molecular formula is C17H16IN3. The van der Waals surface area contributed by atoms with Gasteiger partial charge in [0.15, 0.2) is 0 Å². The fourth-order valence-electron chi connectivity index (χ4n) is 2.26. The third-order valence-corrected chi connectivity index (χ3v) is 4.07. The average molecular weight is 389 g/mol. The van der Waals surface area contributed by atoms with Crippen LogP contribution in [0.4, 0.5) is 5.69 Å². The van der Waals surface area contributed by atoms with Crippen LogP contribution in [0.5, 0.6) is 0 Å². The number of nitrogens with one attached hydrogen (secondary N) is 1. The van der Waals surface area contributed by atoms with E-state index in [1.807, 2.05) is 17.1 Å². The standard InChI is InChI=1S/C17H16IN3/c1-13(20-16-4-2-3-15(18)11-16)14-5-7-17(8-6-14)21-10-9-19-12-21/h2-13,20H,1H3. The molecule has 1 aromatic heterocycles. The summed E-state index contributed by atoms with van der Waals surface area (Å²) in [6, 6.07) is 17.2. The molecule has 106 valence electrons. The van der Waals surface area contributed by atoms with Crippen molar-refractivity contribution in [3.8, 4) is 5.69 Å². The molecule has 3 aromatic rings. The topological polar surface area (TPSA) is 29.9 Å². The molecule has 1 heterocycles. The normalized spacial score (nSPS) is 12.1. The number of hydrogen-bond acceptors (Lipinski definition) is 2. The zero-order valence-corrected chi connectivity index (χ0v) is 13.9. The van der Waals surface area contributed by atoms with Gasteiger partial charge in [0.25, 0.3) is 0 Å². The van der Waals surface area contributed by atoms with Gasteiger partial charge in [-0.05, 0) is 65.4 Å². The Morgan fingerprint density at radius 1 is 1.14 bits per heavy atom. The van der Waals surface area contributed by atoms with Gasteiger partial charge < -0.3 is 9.88 Å². The number of anilines is 1. The maximum Gasteiger partial charge on any atom is 0.0991 e. The van der Waals surface area contributed by atoms with Crippen molar-refractivity contribution in [2.45, 2.75) is 13.0 Å². The molecule has 0 aliphatic heterocycles. The molecule has 2 aromatic carbocycles. The molecule has 21 heavy (non-hydrogen) atoms. The highest BCUT2D eigenvalue weighted by molar-refractivity contribution is 14.1. The first-order valence-electron chi connectivity index (χ1n) is 6.83. The third-order valence-electron chi connectivity index (χ3n) is 3.40. The lowest BCUT2D eigenvalue weighted by molar-refractivity contribution is 0.882. The molecule has 0 amide bonds. The number of benzene rings is 2. The molecule has 1 unspecified atom stereocenters. The number of aromatic nitrogens is 2. The molecule has 0 radical (unpaired) electrons. The summed E-state index contributed by atoms with van der Waals surface area (Å²) in [6.45, 7) is 2.17. The van der Waals surface area contributed by atoms with Crippen LogP contribution in [0, 0.1) is 3.57 Å². The summed E-state index contributed by atoms with van der Waals surface area (Å²) in [6.07, 6.45) is 5.54. The van der Waals surface area contributed by atoms with Crippen LogP contribution in [0.3, 0.4) is 0 Å². The molecule has 4 heteroatoms. The highest BCUT2D eigenvalue weighted by Gasteiger charge is 2.06. The maximum absolute atomic E-state index is 4.07. The molecule has 0 fully saturated rings. The first kappa shape index (κ1) is 14.1. The monoisotopic (exact) mass is 389 g/mol. The lowest BCUT2D eigenvalue weighted by Gasteiger charge is -2.16. The van der Waals surface area contributed by atoms with Gasteiger partial charge in [-0.15, -0.1) is 0 Å². The predicted molar refractivity (Wildman–Crippen MR) is 94.8 cm³/mol. The van der Waals surface area contributed by atoms with Crippen molar-refractivity contribution in [2.75, 3.05) is 5.32 Å². The van der Waals surface area contributed by atoms with E-state index >= 15 is 0 Å². The van der Waals surface area contributed by atoms with Crippen molar-refractivity contribution in [1.29, 1.82) is 0 Å². The molecule has 0 spiro atoms. The van der Waals surface area contributed by atoms with Crippen LogP contribution in [0.1, 0.15) is 18.5 Å². The highest BCUT2D eigenvalue weighted by Crippen LogP contribution is 2.21. The second-order valence-electron chi connectivity index (χ2n) is 4.94. The molecule has 3 nitrogen and oxygen atoms in total. The Bertz CT molecular complexity index is 705. The van der Waals surface area contributed by atoms with Crippen LogP contribution in [0.15, 0.2) is 67.3 Å². The summed E-state index contributed by atoms with van der Waals surface area (Å²) in [5.41, 5.74) is 3.53. The minimum absolute atomic E-state index is 0.264. The van der Waals surface area contributed by atoms with Crippen LogP contribution in [-0.4, -0.2) is 9.55 Å². The SMILES string of the molecule is CC(Nc1cccc(I)c1)c1ccc(-n2ccnc2)cc1. The average Bonchev–Trinajstić information content (AvgIpc) is 3.01. The first-order chi connectivity index (χ1) is 10.2. The summed E-state index contributed by atoms with van der Waals surface area (Å²) in [5.74, 6) is 0. The van der Waals surface area contributed by atoms with Gasteiger partial charge in [-0.2, -0.15) is 0 Å². The summed E-state index contributed by atoms with van der Waals surface area (Å²) in [4.78, 5) is 4.07. The van der Waals surface area contributed by atoms with Gasteiger partial charge in [0.1, 0.15) is 0 Å². The zero-order chi connectivity index (χ0) is 14.7. The van der Waals surface area contributed by atoms with Gasteiger partial charge >= 0.3 is 0 Å². The van der Waals surface area contributed by atoms with E-state index in [1.54, 1.807) is 6.20 Å². The van der Waals surface area contributed by atoms with E-state index in [9.17, 15) is 0 Å². The number of hydrogen-bond donors (Lipinski definition) is 1. The van der Waals surface area contributed by atoms with Crippen LogP contribution >= 0.6 is 22.6 Å². The molecule has 0 bridgehead atoms. The number of rotatable bonds is 4. The van der Waals surface area contributed by atoms with Gasteiger partial charge in [0, 0.05) is 33.4 Å². The van der Waals surface area contributed by atoms with Gasteiger partial charge in [-0.1, -0.05) is 18.2 Å². The second-order valence-corrected chi connectivity index (χ2v) is 6.18. The summed E-state index contributed by atoms with van der Waals surface area (Å²) in [7, 11) is 0. The summed E-state index contributed by atoms with van der Waals surface area (Å²) >= 11 is 2.33. The summed E-state index contributed by atoms with van der Waals surface area (Å²) < 4.78 is 3.24. The lowest BCUT2D eigenvalue weighted by Crippen LogP contribution is -2.06. The van der Waals surface area contributed by atoms with E-state index in [0.29, 0.717) is 0 Å². The molecule has 3 rings (SSSR count). The number of halogens is 1. The molecule has 0 saturated carbocycles. The minimum atomic E-state index is 0.264. The largest absolute Gasteiger partial charge is 0.378 e. The Balaban J connectivity index is 1.74. The second kappa shape index (κ2) is 6.30. The number of nitrogens with zero attached hydrogens (tertiary/aromatic N) is 2. The van der Waals surface area contributed by atoms with Crippen LogP contribution < -0.4 is 5.32 Å². The molecule has 0 aliphatic carbocycles. The van der Waals surface area contributed by atoms with E-state index in [4.69, 9.17) is 0 Å². The first-order valence-corrected chi connectivity index (χ1v) is 7.90. The van der Waals surface area contributed by atoms with E-state index in [1.165, 1.54) is 9.13 Å². The van der Waals surface area contributed by atoms with E-state index in [0.717, 1.165) is 11.4 Å². The van der Waals surface area contributed by atoms with Crippen LogP contribution in [-0.2, 0) is 0 Å². The fraction of sp³-hybridized carbons (Fsp3) is 0.118. The minimum Gasteiger partial charge on any atom is -0.378 e. The van der Waals surface area contributed by atoms with Gasteiger partial charge in [0.2, 0.25) is 0 Å². The smallest absolute Gasteiger partial charge is 0.0991 e. The maximum atomic E-state index is 4.07. The Morgan fingerprint density at radius 3 is 2.62 bits per heavy atom. The van der Waals surface area contributed by atoms with Crippen molar-refractivity contribution < 1.29 is 0 Å². The molecule has 0 aliphatic rings. The predicted octanol–water partition coefficient (Wildman–Crippen LogP) is 4.65. The van der Waals surface area contributed by atoms with Crippen LogP contribution in [0.2, 0.25) is 0 Å². The van der Waals surface area contributed by atoms with E-state index in [2.05, 4.69) is 88.3 Å². The third kappa shape index (κ3) is 3.44. The van der Waals surface area contributed by atoms with E-state index < -0.39 is 0 Å². The van der Waals surface area contributed by atoms with Crippen molar-refractivity contribution in [1.82, 2.24) is 9.55 Å². The molecule has 1 N–H and O–H groups in total. The van der Waals surface area contributed by atoms with Crippen molar-refractivity contribution >= 4 is 28.3 Å². The highest BCUT2D eigenvalue weighted by atomic mass is 127. The molecule has 0 saturated heterocycles. The Hall–Kier alpha value is -1.82. The van der Waals surface area contributed by atoms with Gasteiger partial charge in [-0.3, -0.25) is 0 Å². The van der Waals surface area contributed by atoms with Crippen molar-refractivity contribution in [3.05, 3.63) is 76.4 Å². The molecule has 1 atom stereocenters. The Morgan fingerprint density at radius 2 is 1.95 bits per heavy atom. The van der Waals surface area contributed by atoms with Crippen molar-refractivity contribution in [2.24, 2.45) is 0 Å². The van der Waals surface area contributed by atoms with Gasteiger partial charge in [-0.25, -0.2) is 4.98 Å². The van der Waals surface area contributed by atoms with Crippen molar-refractivity contribution in [3.63, 3.8) is 0 Å². The van der Waals surface area contributed by atoms with E-state index in [-0.39, 0.29) is 6.04 Å². The molecular weight excluding hydrogens is 373 g/mol. The quantitative estimate of drug-likeness (QED) is 0.659. The Kier molecular flexibility index (Phi) is 4.24. The van der Waals surface area contributed by atoms with Gasteiger partial charge in [0.05, 0.1) is 6.33 Å².